The smallest absolute Gasteiger partial charge is 0.181 e. The zero-order valence-corrected chi connectivity index (χ0v) is 12.3. The Hall–Kier alpha value is -0.910. The largest absolute Gasteiger partial charge is 0.349 e. The van der Waals surface area contributed by atoms with Gasteiger partial charge in [-0.2, -0.15) is 0 Å². The highest BCUT2D eigenvalue weighted by Gasteiger charge is 2.37. The highest BCUT2D eigenvalue weighted by atomic mass is 32.2. The van der Waals surface area contributed by atoms with Crippen LogP contribution in [0.2, 0.25) is 0 Å². The van der Waals surface area contributed by atoms with E-state index in [1.54, 1.807) is 30.3 Å². The minimum Gasteiger partial charge on any atom is -0.349 e. The Morgan fingerprint density at radius 1 is 1.21 bits per heavy atom. The van der Waals surface area contributed by atoms with E-state index in [1.165, 1.54) is 0 Å². The molecule has 0 aromatic heterocycles. The van der Waals surface area contributed by atoms with E-state index in [-0.39, 0.29) is 17.5 Å². The molecule has 106 valence electrons. The molecule has 0 N–H and O–H groups in total. The highest BCUT2D eigenvalue weighted by Crippen LogP contribution is 2.29. The normalized spacial score (nSPS) is 24.6. The van der Waals surface area contributed by atoms with Gasteiger partial charge in [0.1, 0.15) is 0 Å². The minimum absolute atomic E-state index is 0.0381. The molecule has 19 heavy (non-hydrogen) atoms. The van der Waals surface area contributed by atoms with E-state index in [4.69, 9.17) is 9.47 Å². The minimum atomic E-state index is -3.32. The molecule has 2 unspecified atom stereocenters. The Labute approximate surface area is 114 Å². The van der Waals surface area contributed by atoms with Crippen LogP contribution in [0.1, 0.15) is 20.8 Å². The van der Waals surface area contributed by atoms with Crippen molar-refractivity contribution >= 4 is 9.84 Å². The van der Waals surface area contributed by atoms with Crippen LogP contribution < -0.4 is 0 Å². The summed E-state index contributed by atoms with van der Waals surface area (Å²) in [6.45, 7) is 6.34. The molecule has 1 heterocycles. The first-order chi connectivity index (χ1) is 8.79. The maximum Gasteiger partial charge on any atom is 0.181 e. The van der Waals surface area contributed by atoms with Crippen LogP contribution in [0, 0.1) is 5.41 Å². The summed E-state index contributed by atoms with van der Waals surface area (Å²) in [5.74, 6) is -0.0381. The average Bonchev–Trinajstić information content (AvgIpc) is 2.78. The van der Waals surface area contributed by atoms with Crippen molar-refractivity contribution < 1.29 is 17.9 Å². The molecule has 0 amide bonds. The van der Waals surface area contributed by atoms with Gasteiger partial charge < -0.3 is 9.47 Å². The second-order valence-electron chi connectivity index (χ2n) is 5.88. The lowest BCUT2D eigenvalue weighted by Gasteiger charge is -2.25. The van der Waals surface area contributed by atoms with Crippen molar-refractivity contribution in [3.05, 3.63) is 30.3 Å². The number of sulfone groups is 1. The molecular formula is C14H20O4S. The summed E-state index contributed by atoms with van der Waals surface area (Å²) in [5, 5.41) is 0. The first kappa shape index (κ1) is 14.5. The van der Waals surface area contributed by atoms with E-state index in [2.05, 4.69) is 0 Å². The Kier molecular flexibility index (Phi) is 3.99. The van der Waals surface area contributed by atoms with Crippen LogP contribution in [0.25, 0.3) is 0 Å². The van der Waals surface area contributed by atoms with Crippen LogP contribution >= 0.6 is 0 Å². The van der Waals surface area contributed by atoms with Crippen LogP contribution in [-0.2, 0) is 19.3 Å². The summed E-state index contributed by atoms with van der Waals surface area (Å²) in [7, 11) is -3.32. The maximum atomic E-state index is 12.2. The number of ether oxygens (including phenoxy) is 2. The molecule has 1 saturated heterocycles. The second-order valence-corrected chi connectivity index (χ2v) is 7.92. The standard InChI is InChI=1S/C14H20O4S/c1-14(2,3)13-17-9-11(18-13)10-19(15,16)12-7-5-4-6-8-12/h4-8,11,13H,9-10H2,1-3H3. The zero-order chi connectivity index (χ0) is 14.1. The molecule has 0 aliphatic carbocycles. The van der Waals surface area contributed by atoms with Crippen molar-refractivity contribution in [3.63, 3.8) is 0 Å². The molecule has 5 heteroatoms. The fourth-order valence-corrected chi connectivity index (χ4v) is 3.39. The van der Waals surface area contributed by atoms with Gasteiger partial charge in [-0.25, -0.2) is 8.42 Å². The quantitative estimate of drug-likeness (QED) is 0.854. The summed E-state index contributed by atoms with van der Waals surface area (Å²) in [6, 6.07) is 8.44. The Morgan fingerprint density at radius 2 is 1.84 bits per heavy atom. The predicted molar refractivity (Wildman–Crippen MR) is 72.6 cm³/mol. The summed E-state index contributed by atoms with van der Waals surface area (Å²) in [5.41, 5.74) is -0.148. The van der Waals surface area contributed by atoms with Crippen molar-refractivity contribution in [1.82, 2.24) is 0 Å². The molecule has 1 aromatic rings. The number of benzene rings is 1. The third-order valence-corrected chi connectivity index (χ3v) is 4.77. The van der Waals surface area contributed by atoms with E-state index in [1.807, 2.05) is 20.8 Å². The van der Waals surface area contributed by atoms with E-state index in [9.17, 15) is 8.42 Å². The molecule has 1 aliphatic rings. The van der Waals surface area contributed by atoms with Crippen LogP contribution in [0.5, 0.6) is 0 Å². The SMILES string of the molecule is CC(C)(C)C1OCC(CS(=O)(=O)c2ccccc2)O1. The lowest BCUT2D eigenvalue weighted by Crippen LogP contribution is -2.29. The van der Waals surface area contributed by atoms with Crippen molar-refractivity contribution in [2.24, 2.45) is 5.41 Å². The van der Waals surface area contributed by atoms with Gasteiger partial charge in [-0.1, -0.05) is 39.0 Å². The molecule has 1 aliphatic heterocycles. The number of rotatable bonds is 3. The predicted octanol–water partition coefficient (Wildman–Crippen LogP) is 2.25. The van der Waals surface area contributed by atoms with E-state index >= 15 is 0 Å². The Bertz CT molecular complexity index is 516. The third kappa shape index (κ3) is 3.55. The molecule has 2 rings (SSSR count). The summed E-state index contributed by atoms with van der Waals surface area (Å²) < 4.78 is 35.6. The molecule has 4 nitrogen and oxygen atoms in total. The lowest BCUT2D eigenvalue weighted by atomic mass is 9.96. The van der Waals surface area contributed by atoms with Crippen LogP contribution in [-0.4, -0.2) is 33.2 Å². The van der Waals surface area contributed by atoms with Crippen LogP contribution in [0.3, 0.4) is 0 Å². The molecule has 1 aromatic carbocycles. The van der Waals surface area contributed by atoms with Crippen LogP contribution in [0.15, 0.2) is 35.2 Å². The first-order valence-electron chi connectivity index (χ1n) is 6.34. The monoisotopic (exact) mass is 284 g/mol. The van der Waals surface area contributed by atoms with Gasteiger partial charge in [0.15, 0.2) is 16.1 Å². The van der Waals surface area contributed by atoms with Gasteiger partial charge >= 0.3 is 0 Å². The fraction of sp³-hybridized carbons (Fsp3) is 0.571. The molecule has 0 spiro atoms. The first-order valence-corrected chi connectivity index (χ1v) is 7.99. The van der Waals surface area contributed by atoms with E-state index < -0.39 is 15.9 Å². The lowest BCUT2D eigenvalue weighted by molar-refractivity contribution is -0.121. The van der Waals surface area contributed by atoms with Gasteiger partial charge in [-0.05, 0) is 12.1 Å². The fourth-order valence-electron chi connectivity index (χ4n) is 1.96. The second kappa shape index (κ2) is 5.23. The molecule has 0 bridgehead atoms. The average molecular weight is 284 g/mol. The van der Waals surface area contributed by atoms with Gasteiger partial charge in [0.25, 0.3) is 0 Å². The Balaban J connectivity index is 2.04. The highest BCUT2D eigenvalue weighted by molar-refractivity contribution is 7.91. The van der Waals surface area contributed by atoms with Gasteiger partial charge in [-0.15, -0.1) is 0 Å². The van der Waals surface area contributed by atoms with Gasteiger partial charge in [0.2, 0.25) is 0 Å². The maximum absolute atomic E-state index is 12.2. The molecule has 0 radical (unpaired) electrons. The Morgan fingerprint density at radius 3 is 2.37 bits per heavy atom. The van der Waals surface area contributed by atoms with Crippen LogP contribution in [0.4, 0.5) is 0 Å². The van der Waals surface area contributed by atoms with Gasteiger partial charge in [0, 0.05) is 5.41 Å². The van der Waals surface area contributed by atoms with E-state index in [0.717, 1.165) is 0 Å². The van der Waals surface area contributed by atoms with Crippen molar-refractivity contribution in [1.29, 1.82) is 0 Å². The molecule has 1 fully saturated rings. The molecule has 2 atom stereocenters. The van der Waals surface area contributed by atoms with Crippen molar-refractivity contribution in [2.45, 2.75) is 38.1 Å². The third-order valence-electron chi connectivity index (χ3n) is 2.96. The zero-order valence-electron chi connectivity index (χ0n) is 11.5. The number of hydrogen-bond acceptors (Lipinski definition) is 4. The van der Waals surface area contributed by atoms with Crippen molar-refractivity contribution in [2.75, 3.05) is 12.4 Å². The molecular weight excluding hydrogens is 264 g/mol. The molecule has 0 saturated carbocycles. The van der Waals surface area contributed by atoms with Crippen molar-refractivity contribution in [3.8, 4) is 0 Å². The van der Waals surface area contributed by atoms with Gasteiger partial charge in [0.05, 0.1) is 23.4 Å². The summed E-state index contributed by atoms with van der Waals surface area (Å²) in [6.07, 6.45) is -0.738. The van der Waals surface area contributed by atoms with E-state index in [0.29, 0.717) is 11.5 Å². The summed E-state index contributed by atoms with van der Waals surface area (Å²) in [4.78, 5) is 0.331. The number of hydrogen-bond donors (Lipinski definition) is 0. The van der Waals surface area contributed by atoms with Gasteiger partial charge in [-0.3, -0.25) is 0 Å². The topological polar surface area (TPSA) is 52.6 Å². The summed E-state index contributed by atoms with van der Waals surface area (Å²) >= 11 is 0.